The number of rotatable bonds is 5. The van der Waals surface area contributed by atoms with Crippen molar-refractivity contribution in [1.29, 1.82) is 0 Å². The lowest BCUT2D eigenvalue weighted by atomic mass is 9.95. The number of aromatic nitrogens is 4. The number of fused-ring (bicyclic) bond motifs is 1. The molecular formula is C23H24ClFN6O2. The first-order valence-electron chi connectivity index (χ1n) is 10.9. The number of carbonyl (C=O) groups is 1. The van der Waals surface area contributed by atoms with Crippen LogP contribution < -0.4 is 15.8 Å². The second kappa shape index (κ2) is 8.62. The Kier molecular flexibility index (Phi) is 5.65. The van der Waals surface area contributed by atoms with E-state index in [9.17, 15) is 9.18 Å². The molecule has 2 aliphatic rings. The molecule has 0 saturated heterocycles. The highest BCUT2D eigenvalue weighted by molar-refractivity contribution is 6.31. The van der Waals surface area contributed by atoms with Crippen molar-refractivity contribution in [2.75, 3.05) is 11.1 Å². The van der Waals surface area contributed by atoms with Gasteiger partial charge in [-0.15, -0.1) is 0 Å². The van der Waals surface area contributed by atoms with Gasteiger partial charge in [0.05, 0.1) is 10.7 Å². The third kappa shape index (κ3) is 4.25. The quantitative estimate of drug-likeness (QED) is 0.579. The molecule has 1 aromatic carbocycles. The number of carbonyl (C=O) groups excluding carboxylic acids is 1. The van der Waals surface area contributed by atoms with Crippen molar-refractivity contribution in [3.8, 4) is 6.01 Å². The molecule has 0 bridgehead atoms. The van der Waals surface area contributed by atoms with Gasteiger partial charge >= 0.3 is 6.01 Å². The molecule has 2 atom stereocenters. The van der Waals surface area contributed by atoms with E-state index in [0.717, 1.165) is 25.7 Å². The zero-order chi connectivity index (χ0) is 23.1. The van der Waals surface area contributed by atoms with Crippen LogP contribution in [-0.4, -0.2) is 31.8 Å². The van der Waals surface area contributed by atoms with E-state index in [-0.39, 0.29) is 23.0 Å². The Hall–Kier alpha value is -3.20. The molecule has 172 valence electrons. The molecule has 3 aromatic rings. The average Bonchev–Trinajstić information content (AvgIpc) is 3.43. The highest BCUT2D eigenvalue weighted by Gasteiger charge is 2.45. The average molecular weight is 471 g/mol. The van der Waals surface area contributed by atoms with Crippen LogP contribution in [0.1, 0.15) is 47.7 Å². The number of hydrogen-bond acceptors (Lipinski definition) is 6. The lowest BCUT2D eigenvalue weighted by Gasteiger charge is -2.15. The number of ether oxygens (including phenoxy) is 1. The van der Waals surface area contributed by atoms with Gasteiger partial charge in [-0.1, -0.05) is 11.6 Å². The van der Waals surface area contributed by atoms with Crippen molar-refractivity contribution >= 4 is 29.0 Å². The maximum absolute atomic E-state index is 13.5. The first-order chi connectivity index (χ1) is 15.9. The van der Waals surface area contributed by atoms with Gasteiger partial charge in [0.2, 0.25) is 0 Å². The van der Waals surface area contributed by atoms with Crippen molar-refractivity contribution in [2.45, 2.75) is 37.7 Å². The Bertz CT molecular complexity index is 1170. The van der Waals surface area contributed by atoms with Crippen LogP contribution in [0.3, 0.4) is 0 Å². The Morgan fingerprint density at radius 1 is 1.21 bits per heavy atom. The van der Waals surface area contributed by atoms with Gasteiger partial charge in [0.1, 0.15) is 23.3 Å². The molecule has 5 rings (SSSR count). The molecule has 2 heterocycles. The van der Waals surface area contributed by atoms with Crippen LogP contribution in [0.25, 0.3) is 0 Å². The molecule has 2 aromatic heterocycles. The molecule has 3 N–H and O–H groups in total. The van der Waals surface area contributed by atoms with Gasteiger partial charge in [-0.25, -0.2) is 14.4 Å². The SMILES string of the molecule is Cn1nc(C2CC3CC(Oc4ncccn4)CC3C2)c(C(=O)Nc2ccc(F)c(Cl)c2)c1N. The number of nitrogens with two attached hydrogens (primary N) is 1. The third-order valence-electron chi connectivity index (χ3n) is 6.70. The molecule has 2 saturated carbocycles. The van der Waals surface area contributed by atoms with E-state index in [4.69, 9.17) is 22.1 Å². The van der Waals surface area contributed by atoms with Gasteiger partial charge in [0, 0.05) is 31.0 Å². The number of anilines is 2. The maximum Gasteiger partial charge on any atom is 0.316 e. The van der Waals surface area contributed by atoms with E-state index in [1.807, 2.05) is 0 Å². The predicted molar refractivity (Wildman–Crippen MR) is 122 cm³/mol. The second-order valence-electron chi connectivity index (χ2n) is 8.78. The Labute approximate surface area is 195 Å². The summed E-state index contributed by atoms with van der Waals surface area (Å²) in [4.78, 5) is 21.4. The Balaban J connectivity index is 1.30. The fourth-order valence-electron chi connectivity index (χ4n) is 5.22. The van der Waals surface area contributed by atoms with Gasteiger partial charge in [-0.05, 0) is 61.8 Å². The number of nitrogens with one attached hydrogen (secondary N) is 1. The number of benzene rings is 1. The number of nitrogen functional groups attached to an aromatic ring is 1. The first-order valence-corrected chi connectivity index (χ1v) is 11.3. The summed E-state index contributed by atoms with van der Waals surface area (Å²) >= 11 is 5.85. The monoisotopic (exact) mass is 470 g/mol. The van der Waals surface area contributed by atoms with Crippen LogP contribution in [0.15, 0.2) is 36.7 Å². The molecule has 2 unspecified atom stereocenters. The van der Waals surface area contributed by atoms with E-state index in [1.165, 1.54) is 22.9 Å². The molecule has 2 aliphatic carbocycles. The minimum absolute atomic E-state index is 0.0616. The van der Waals surface area contributed by atoms with Crippen LogP contribution in [0.2, 0.25) is 5.02 Å². The van der Waals surface area contributed by atoms with Gasteiger partial charge in [-0.3, -0.25) is 9.48 Å². The minimum Gasteiger partial charge on any atom is -0.460 e. The zero-order valence-electron chi connectivity index (χ0n) is 18.0. The van der Waals surface area contributed by atoms with Crippen molar-refractivity contribution in [2.24, 2.45) is 18.9 Å². The standard InChI is InChI=1S/C23H24ClFN6O2/c1-31-21(26)19(22(32)29-15-3-4-18(25)17(24)11-15)20(30-31)14-7-12-9-16(10-13(12)8-14)33-23-27-5-2-6-28-23/h2-6,11-14,16H,7-10,26H2,1H3,(H,29,32). The topological polar surface area (TPSA) is 108 Å². The van der Waals surface area contributed by atoms with Crippen LogP contribution in [0.4, 0.5) is 15.9 Å². The number of amides is 1. The summed E-state index contributed by atoms with van der Waals surface area (Å²) in [5.41, 5.74) is 7.69. The van der Waals surface area contributed by atoms with E-state index in [1.54, 1.807) is 25.5 Å². The number of aryl methyl sites for hydroxylation is 1. The van der Waals surface area contributed by atoms with Crippen LogP contribution >= 0.6 is 11.6 Å². The Morgan fingerprint density at radius 2 is 1.91 bits per heavy atom. The second-order valence-corrected chi connectivity index (χ2v) is 9.19. The molecule has 0 spiro atoms. The number of halogens is 2. The molecule has 2 fully saturated rings. The third-order valence-corrected chi connectivity index (χ3v) is 6.99. The van der Waals surface area contributed by atoms with Gasteiger partial charge in [0.15, 0.2) is 0 Å². The summed E-state index contributed by atoms with van der Waals surface area (Å²) in [5.74, 6) is 0.482. The van der Waals surface area contributed by atoms with E-state index in [0.29, 0.717) is 40.6 Å². The largest absolute Gasteiger partial charge is 0.460 e. The molecule has 10 heteroatoms. The summed E-state index contributed by atoms with van der Waals surface area (Å²) in [6, 6.07) is 6.22. The molecule has 33 heavy (non-hydrogen) atoms. The predicted octanol–water partition coefficient (Wildman–Crippen LogP) is 4.19. The van der Waals surface area contributed by atoms with E-state index < -0.39 is 5.82 Å². The van der Waals surface area contributed by atoms with Crippen molar-refractivity contribution < 1.29 is 13.9 Å². The normalized spacial score (nSPS) is 24.0. The zero-order valence-corrected chi connectivity index (χ0v) is 18.8. The Morgan fingerprint density at radius 3 is 2.58 bits per heavy atom. The highest BCUT2D eigenvalue weighted by Crippen LogP contribution is 2.51. The van der Waals surface area contributed by atoms with Crippen molar-refractivity contribution in [3.05, 3.63) is 58.8 Å². The van der Waals surface area contributed by atoms with E-state index in [2.05, 4.69) is 20.4 Å². The first kappa shape index (κ1) is 21.6. The summed E-state index contributed by atoms with van der Waals surface area (Å²) in [7, 11) is 1.73. The smallest absolute Gasteiger partial charge is 0.316 e. The van der Waals surface area contributed by atoms with Crippen LogP contribution in [0.5, 0.6) is 6.01 Å². The fourth-order valence-corrected chi connectivity index (χ4v) is 5.40. The van der Waals surface area contributed by atoms with Crippen molar-refractivity contribution in [3.63, 3.8) is 0 Å². The molecular weight excluding hydrogens is 447 g/mol. The fraction of sp³-hybridized carbons (Fsp3) is 0.391. The lowest BCUT2D eigenvalue weighted by Crippen LogP contribution is -2.17. The molecule has 1 amide bonds. The summed E-state index contributed by atoms with van der Waals surface area (Å²) in [6.45, 7) is 0. The minimum atomic E-state index is -0.546. The van der Waals surface area contributed by atoms with Gasteiger partial charge in [-0.2, -0.15) is 5.10 Å². The molecule has 0 aliphatic heterocycles. The maximum atomic E-state index is 13.5. The highest BCUT2D eigenvalue weighted by atomic mass is 35.5. The molecule has 8 nitrogen and oxygen atoms in total. The summed E-state index contributed by atoms with van der Waals surface area (Å²) < 4.78 is 21.0. The van der Waals surface area contributed by atoms with Gasteiger partial charge in [0.25, 0.3) is 5.91 Å². The lowest BCUT2D eigenvalue weighted by molar-refractivity contribution is 0.102. The van der Waals surface area contributed by atoms with Gasteiger partial charge < -0.3 is 15.8 Å². The van der Waals surface area contributed by atoms with Crippen molar-refractivity contribution in [1.82, 2.24) is 19.7 Å². The number of nitrogens with zero attached hydrogens (tertiary/aromatic N) is 4. The summed E-state index contributed by atoms with van der Waals surface area (Å²) in [5, 5.41) is 7.30. The summed E-state index contributed by atoms with van der Waals surface area (Å²) in [6.07, 6.45) is 7.13. The number of hydrogen-bond donors (Lipinski definition) is 2. The molecule has 0 radical (unpaired) electrons. The van der Waals surface area contributed by atoms with E-state index >= 15 is 0 Å². The van der Waals surface area contributed by atoms with Crippen LogP contribution in [0, 0.1) is 17.7 Å². The van der Waals surface area contributed by atoms with Crippen LogP contribution in [-0.2, 0) is 7.05 Å².